The van der Waals surface area contributed by atoms with Crippen molar-refractivity contribution in [2.24, 2.45) is 5.41 Å². The van der Waals surface area contributed by atoms with E-state index in [2.05, 4.69) is 10.6 Å². The molecular weight excluding hydrogens is 505 g/mol. The van der Waals surface area contributed by atoms with Crippen LogP contribution in [-0.4, -0.2) is 57.2 Å². The van der Waals surface area contributed by atoms with E-state index >= 15 is 0 Å². The zero-order valence-corrected chi connectivity index (χ0v) is 20.0. The molecule has 1 heterocycles. The van der Waals surface area contributed by atoms with Crippen LogP contribution in [-0.2, 0) is 11.2 Å². The number of aromatic hydroxyl groups is 2. The van der Waals surface area contributed by atoms with E-state index in [0.29, 0.717) is 6.07 Å². The van der Waals surface area contributed by atoms with Crippen LogP contribution >= 0.6 is 11.6 Å². The number of carbonyl (C=O) groups excluding carboxylic acids is 2. The Bertz CT molecular complexity index is 1250. The van der Waals surface area contributed by atoms with Gasteiger partial charge >= 0.3 is 13.1 Å². The summed E-state index contributed by atoms with van der Waals surface area (Å²) in [5.74, 6) is -9.14. The zero-order chi connectivity index (χ0) is 27.1. The van der Waals surface area contributed by atoms with Crippen molar-refractivity contribution in [1.82, 2.24) is 10.6 Å². The number of carboxylic acids is 1. The highest BCUT2D eigenvalue weighted by molar-refractivity contribution is 6.47. The van der Waals surface area contributed by atoms with Crippen molar-refractivity contribution in [1.29, 1.82) is 0 Å². The first-order valence-corrected chi connectivity index (χ1v) is 10.9. The summed E-state index contributed by atoms with van der Waals surface area (Å²) in [6.07, 6.45) is -0.125. The normalized spacial score (nSPS) is 16.0. The number of carbonyl (C=O) groups is 3. The first-order chi connectivity index (χ1) is 16.6. The van der Waals surface area contributed by atoms with Crippen molar-refractivity contribution >= 4 is 36.5 Å². The van der Waals surface area contributed by atoms with Gasteiger partial charge in [-0.3, -0.25) is 9.59 Å². The molecule has 1 aliphatic rings. The third-order valence-electron chi connectivity index (χ3n) is 5.56. The summed E-state index contributed by atoms with van der Waals surface area (Å²) in [5.41, 5.74) is -2.30. The third kappa shape index (κ3) is 5.16. The summed E-state index contributed by atoms with van der Waals surface area (Å²) in [6.45, 7) is 4.78. The average Bonchev–Trinajstić information content (AvgIpc) is 2.75. The molecule has 2 atom stereocenters. The number of halogens is 3. The fourth-order valence-electron chi connectivity index (χ4n) is 3.71. The number of amides is 2. The van der Waals surface area contributed by atoms with Crippen LogP contribution < -0.4 is 15.3 Å². The van der Waals surface area contributed by atoms with E-state index in [1.54, 1.807) is 20.8 Å². The highest BCUT2D eigenvalue weighted by atomic mass is 35.5. The lowest BCUT2D eigenvalue weighted by atomic mass is 9.71. The number of phenols is 2. The minimum atomic E-state index is -1.75. The Morgan fingerprint density at radius 1 is 1.17 bits per heavy atom. The van der Waals surface area contributed by atoms with Gasteiger partial charge in [0.1, 0.15) is 34.0 Å². The monoisotopic (exact) mass is 526 g/mol. The maximum Gasteiger partial charge on any atom is 0.547 e. The van der Waals surface area contributed by atoms with E-state index in [0.717, 1.165) is 6.07 Å². The molecule has 0 fully saturated rings. The first-order valence-electron chi connectivity index (χ1n) is 10.5. The Morgan fingerprint density at radius 3 is 2.39 bits per heavy atom. The minimum Gasteiger partial charge on any atom is -0.534 e. The molecule has 2 aromatic rings. The molecule has 36 heavy (non-hydrogen) atoms. The molecule has 2 amide bonds. The van der Waals surface area contributed by atoms with Crippen molar-refractivity contribution in [3.8, 4) is 17.2 Å². The third-order valence-corrected chi connectivity index (χ3v) is 5.92. The van der Waals surface area contributed by atoms with Gasteiger partial charge in [0, 0.05) is 6.07 Å². The second kappa shape index (κ2) is 9.82. The van der Waals surface area contributed by atoms with Crippen LogP contribution in [0.1, 0.15) is 47.1 Å². The van der Waals surface area contributed by atoms with Gasteiger partial charge in [0.2, 0.25) is 5.91 Å². The van der Waals surface area contributed by atoms with Crippen LogP contribution in [0.25, 0.3) is 0 Å². The van der Waals surface area contributed by atoms with Crippen molar-refractivity contribution in [2.45, 2.75) is 39.2 Å². The van der Waals surface area contributed by atoms with Crippen LogP contribution in [0.3, 0.4) is 0 Å². The van der Waals surface area contributed by atoms with Crippen LogP contribution in [0.2, 0.25) is 5.02 Å². The summed E-state index contributed by atoms with van der Waals surface area (Å²) in [6, 6.07) is 1.34. The highest BCUT2D eigenvalue weighted by Crippen LogP contribution is 2.37. The van der Waals surface area contributed by atoms with E-state index in [1.165, 1.54) is 6.07 Å². The number of carboxylic acid groups (broad SMARTS) is 1. The molecule has 0 spiro atoms. The van der Waals surface area contributed by atoms with Crippen molar-refractivity contribution in [2.75, 3.05) is 0 Å². The molecule has 192 valence electrons. The van der Waals surface area contributed by atoms with Gasteiger partial charge in [-0.15, -0.1) is 0 Å². The predicted molar refractivity (Wildman–Crippen MR) is 123 cm³/mol. The van der Waals surface area contributed by atoms with Gasteiger partial charge in [-0.05, 0) is 23.5 Å². The largest absolute Gasteiger partial charge is 0.547 e. The predicted octanol–water partition coefficient (Wildman–Crippen LogP) is 2.01. The summed E-state index contributed by atoms with van der Waals surface area (Å²) >= 11 is 5.82. The lowest BCUT2D eigenvalue weighted by Crippen LogP contribution is -2.60. The Balaban J connectivity index is 1.85. The summed E-state index contributed by atoms with van der Waals surface area (Å²) in [7, 11) is -1.75. The molecule has 0 aliphatic carbocycles. The Labute approximate surface area is 209 Å². The molecule has 0 aromatic heterocycles. The molecule has 0 radical (unpaired) electrons. The van der Waals surface area contributed by atoms with Gasteiger partial charge in [0.25, 0.3) is 5.91 Å². The molecule has 0 saturated heterocycles. The van der Waals surface area contributed by atoms with E-state index in [9.17, 15) is 43.5 Å². The molecule has 14 heteroatoms. The quantitative estimate of drug-likeness (QED) is 0.254. The maximum absolute atomic E-state index is 14.3. The fraction of sp³-hybridized carbons (Fsp3) is 0.318. The highest BCUT2D eigenvalue weighted by Gasteiger charge is 2.42. The lowest BCUT2D eigenvalue weighted by Gasteiger charge is -2.34. The van der Waals surface area contributed by atoms with Crippen LogP contribution in [0, 0.1) is 17.0 Å². The molecular formula is C22H22BClF2N2O8. The van der Waals surface area contributed by atoms with Crippen LogP contribution in [0.5, 0.6) is 17.2 Å². The van der Waals surface area contributed by atoms with Crippen molar-refractivity contribution in [3.63, 3.8) is 0 Å². The number of rotatable bonds is 5. The van der Waals surface area contributed by atoms with Crippen molar-refractivity contribution in [3.05, 3.63) is 51.5 Å². The molecule has 0 unspecified atom stereocenters. The molecule has 0 saturated carbocycles. The van der Waals surface area contributed by atoms with Gasteiger partial charge in [0.15, 0.2) is 11.5 Å². The van der Waals surface area contributed by atoms with Crippen molar-refractivity contribution < 1.29 is 48.2 Å². The van der Waals surface area contributed by atoms with Crippen LogP contribution in [0.15, 0.2) is 18.2 Å². The SMILES string of the molecule is CC(C)(C)[C@@H](NC(=O)c1c(F)cc(O)c(O)c1Cl)C(=O)N[C@H]1Cc2ccc(F)c(C(=O)O)c2OB1O. The number of phenolic OH excluding ortho intramolecular Hbond substituents is 2. The number of nitrogens with one attached hydrogen (secondary N) is 2. The smallest absolute Gasteiger partial charge is 0.534 e. The Kier molecular flexibility index (Phi) is 7.37. The fourth-order valence-corrected chi connectivity index (χ4v) is 3.98. The second-order valence-electron chi connectivity index (χ2n) is 9.23. The minimum absolute atomic E-state index is 0.125. The van der Waals surface area contributed by atoms with Gasteiger partial charge in [-0.1, -0.05) is 38.4 Å². The second-order valence-corrected chi connectivity index (χ2v) is 9.61. The van der Waals surface area contributed by atoms with Gasteiger partial charge in [-0.2, -0.15) is 0 Å². The van der Waals surface area contributed by atoms with E-state index in [1.807, 2.05) is 0 Å². The number of aromatic carboxylic acids is 1. The van der Waals surface area contributed by atoms with E-state index < -0.39 is 81.6 Å². The zero-order valence-electron chi connectivity index (χ0n) is 19.2. The van der Waals surface area contributed by atoms with Gasteiger partial charge < -0.3 is 35.6 Å². The first kappa shape index (κ1) is 27.0. The summed E-state index contributed by atoms with van der Waals surface area (Å²) in [5, 5.41) is 42.9. The standard InChI is InChI=1S/C22H22BClF2N2O8/c1-22(2,3)18(28-19(31)13-10(26)7-11(29)16(30)15(13)24)20(32)27-12-6-8-4-5-9(25)14(21(33)34)17(8)36-23(12)35/h4-5,7,12,18,29-30,35H,6H2,1-3H3,(H,27,32)(H,28,31)(H,33,34)/t12-,18-/m0/s1. The van der Waals surface area contributed by atoms with E-state index in [-0.39, 0.29) is 17.7 Å². The van der Waals surface area contributed by atoms with Gasteiger partial charge in [0.05, 0.1) is 11.5 Å². The number of hydrogen-bond acceptors (Lipinski definition) is 7. The molecule has 1 aliphatic heterocycles. The summed E-state index contributed by atoms with van der Waals surface area (Å²) in [4.78, 5) is 37.3. The Hall–Kier alpha value is -3.58. The number of fused-ring (bicyclic) bond motifs is 1. The molecule has 6 N–H and O–H groups in total. The van der Waals surface area contributed by atoms with Gasteiger partial charge in [-0.25, -0.2) is 13.6 Å². The summed E-state index contributed by atoms with van der Waals surface area (Å²) < 4.78 is 33.5. The molecule has 3 rings (SSSR count). The average molecular weight is 527 g/mol. The number of hydrogen-bond donors (Lipinski definition) is 6. The number of benzene rings is 2. The molecule has 0 bridgehead atoms. The lowest BCUT2D eigenvalue weighted by molar-refractivity contribution is -0.125. The van der Waals surface area contributed by atoms with Crippen LogP contribution in [0.4, 0.5) is 8.78 Å². The maximum atomic E-state index is 14.3. The molecule has 10 nitrogen and oxygen atoms in total. The Morgan fingerprint density at radius 2 is 1.81 bits per heavy atom. The van der Waals surface area contributed by atoms with E-state index in [4.69, 9.17) is 16.3 Å². The topological polar surface area (TPSA) is 165 Å². The molecule has 2 aromatic carbocycles.